The Bertz CT molecular complexity index is 951. The van der Waals surface area contributed by atoms with Crippen LogP contribution in [0.2, 0.25) is 0 Å². The number of pyridine rings is 2. The molecule has 1 saturated heterocycles. The summed E-state index contributed by atoms with van der Waals surface area (Å²) in [6.07, 6.45) is 4.10. The van der Waals surface area contributed by atoms with Gasteiger partial charge in [-0.05, 0) is 18.2 Å². The first-order valence-corrected chi connectivity index (χ1v) is 8.33. The zero-order valence-electron chi connectivity index (χ0n) is 14.2. The molecule has 1 fully saturated rings. The average Bonchev–Trinajstić information content (AvgIpc) is 3.04. The van der Waals surface area contributed by atoms with Gasteiger partial charge < -0.3 is 9.64 Å². The molecule has 134 valence electrons. The molecule has 0 saturated carbocycles. The number of carbonyl (C=O) groups excluding carboxylic acids is 1. The van der Waals surface area contributed by atoms with E-state index in [0.29, 0.717) is 42.7 Å². The molecular formula is C17H17FN6O2. The predicted molar refractivity (Wildman–Crippen MR) is 90.1 cm³/mol. The molecule has 0 bridgehead atoms. The van der Waals surface area contributed by atoms with Gasteiger partial charge in [-0.3, -0.25) is 4.79 Å². The molecule has 4 rings (SSSR count). The topological polar surface area (TPSA) is 86.0 Å². The summed E-state index contributed by atoms with van der Waals surface area (Å²) in [6, 6.07) is 4.53. The van der Waals surface area contributed by atoms with E-state index in [1.165, 1.54) is 18.3 Å². The number of aromatic nitrogens is 5. The molecule has 0 aliphatic carbocycles. The molecule has 0 atom stereocenters. The van der Waals surface area contributed by atoms with Crippen molar-refractivity contribution in [2.45, 2.75) is 18.9 Å². The van der Waals surface area contributed by atoms with E-state index >= 15 is 0 Å². The van der Waals surface area contributed by atoms with Gasteiger partial charge in [0.25, 0.3) is 11.8 Å². The van der Waals surface area contributed by atoms with Crippen molar-refractivity contribution in [1.82, 2.24) is 29.9 Å². The van der Waals surface area contributed by atoms with Gasteiger partial charge in [-0.15, -0.1) is 5.10 Å². The second-order valence-electron chi connectivity index (χ2n) is 6.18. The number of ether oxygens (including phenoxy) is 1. The number of aryl methyl sites for hydroxylation is 1. The summed E-state index contributed by atoms with van der Waals surface area (Å²) >= 11 is 0. The van der Waals surface area contributed by atoms with Gasteiger partial charge in [0, 0.05) is 45.4 Å². The van der Waals surface area contributed by atoms with Crippen LogP contribution in [0.15, 0.2) is 30.6 Å². The molecule has 0 aromatic carbocycles. The number of hydrogen-bond acceptors (Lipinski definition) is 6. The van der Waals surface area contributed by atoms with Crippen LogP contribution in [-0.4, -0.2) is 55.0 Å². The molecule has 9 heteroatoms. The quantitative estimate of drug-likeness (QED) is 0.708. The Hall–Kier alpha value is -3.10. The highest BCUT2D eigenvalue weighted by atomic mass is 19.1. The van der Waals surface area contributed by atoms with Gasteiger partial charge in [-0.1, -0.05) is 5.21 Å². The second kappa shape index (κ2) is 6.66. The third-order valence-electron chi connectivity index (χ3n) is 4.42. The molecule has 26 heavy (non-hydrogen) atoms. The second-order valence-corrected chi connectivity index (χ2v) is 6.18. The van der Waals surface area contributed by atoms with E-state index in [1.807, 2.05) is 0 Å². The molecule has 0 unspecified atom stereocenters. The number of nitrogens with zero attached hydrogens (tertiary/aromatic N) is 6. The number of rotatable bonds is 3. The Morgan fingerprint density at radius 1 is 1.31 bits per heavy atom. The lowest BCUT2D eigenvalue weighted by Crippen LogP contribution is -2.42. The Balaban J connectivity index is 1.40. The molecule has 1 aliphatic rings. The molecule has 0 spiro atoms. The molecule has 3 aromatic rings. The zero-order chi connectivity index (χ0) is 18.1. The monoisotopic (exact) mass is 356 g/mol. The van der Waals surface area contributed by atoms with Gasteiger partial charge >= 0.3 is 0 Å². The molecule has 4 heterocycles. The molecular weight excluding hydrogens is 339 g/mol. The summed E-state index contributed by atoms with van der Waals surface area (Å²) in [5, 5.41) is 7.88. The highest BCUT2D eigenvalue weighted by molar-refractivity contribution is 5.96. The smallest absolute Gasteiger partial charge is 0.255 e. The third kappa shape index (κ3) is 3.07. The highest BCUT2D eigenvalue weighted by Gasteiger charge is 2.26. The minimum atomic E-state index is -0.477. The number of likely N-dealkylation sites (tertiary alicyclic amines) is 1. The van der Waals surface area contributed by atoms with Crippen molar-refractivity contribution in [3.63, 3.8) is 0 Å². The summed E-state index contributed by atoms with van der Waals surface area (Å²) in [7, 11) is 1.75. The van der Waals surface area contributed by atoms with E-state index in [9.17, 15) is 9.18 Å². The summed E-state index contributed by atoms with van der Waals surface area (Å²) in [5.41, 5.74) is 1.70. The van der Waals surface area contributed by atoms with E-state index in [4.69, 9.17) is 4.74 Å². The fourth-order valence-corrected chi connectivity index (χ4v) is 3.02. The number of fused-ring (bicyclic) bond motifs is 1. The predicted octanol–water partition coefficient (Wildman–Crippen LogP) is 1.58. The van der Waals surface area contributed by atoms with Crippen molar-refractivity contribution in [3.05, 3.63) is 42.0 Å². The van der Waals surface area contributed by atoms with Crippen molar-refractivity contribution in [2.24, 2.45) is 7.05 Å². The van der Waals surface area contributed by atoms with Gasteiger partial charge in [-0.2, -0.15) is 0 Å². The molecule has 0 N–H and O–H groups in total. The van der Waals surface area contributed by atoms with Crippen LogP contribution >= 0.6 is 0 Å². The molecule has 3 aromatic heterocycles. The van der Waals surface area contributed by atoms with Crippen LogP contribution in [0.5, 0.6) is 5.88 Å². The number of piperidine rings is 1. The van der Waals surface area contributed by atoms with Crippen molar-refractivity contribution < 1.29 is 13.9 Å². The van der Waals surface area contributed by atoms with Crippen LogP contribution in [0.1, 0.15) is 23.2 Å². The van der Waals surface area contributed by atoms with Gasteiger partial charge in [-0.25, -0.2) is 19.0 Å². The van der Waals surface area contributed by atoms with E-state index in [1.54, 1.807) is 28.9 Å². The standard InChI is InChI=1S/C17H17FN6O2/c1-23-15-14(21-22-23)9-11(10-20-15)17(25)24-7-4-12(5-8-24)26-16-13(18)3-2-6-19-16/h2-3,6,9-10,12H,4-5,7-8H2,1H3. The average molecular weight is 356 g/mol. The lowest BCUT2D eigenvalue weighted by atomic mass is 10.1. The fraction of sp³-hybridized carbons (Fsp3) is 0.353. The summed E-state index contributed by atoms with van der Waals surface area (Å²) in [4.78, 5) is 22.6. The summed E-state index contributed by atoms with van der Waals surface area (Å²) < 4.78 is 20.8. The SMILES string of the molecule is Cn1nnc2cc(C(=O)N3CCC(Oc4ncccc4F)CC3)cnc21. The van der Waals surface area contributed by atoms with Crippen LogP contribution in [0.25, 0.3) is 11.2 Å². The Kier molecular flexibility index (Phi) is 4.19. The first-order valence-electron chi connectivity index (χ1n) is 8.33. The molecule has 1 aliphatic heterocycles. The van der Waals surface area contributed by atoms with E-state index in [-0.39, 0.29) is 17.9 Å². The van der Waals surface area contributed by atoms with Crippen LogP contribution in [0.4, 0.5) is 4.39 Å². The van der Waals surface area contributed by atoms with Gasteiger partial charge in [0.15, 0.2) is 11.5 Å². The lowest BCUT2D eigenvalue weighted by Gasteiger charge is -2.31. The molecule has 8 nitrogen and oxygen atoms in total. The normalized spacial score (nSPS) is 15.4. The summed E-state index contributed by atoms with van der Waals surface area (Å²) in [6.45, 7) is 1.05. The van der Waals surface area contributed by atoms with Gasteiger partial charge in [0.1, 0.15) is 11.6 Å². The fourth-order valence-electron chi connectivity index (χ4n) is 3.02. The van der Waals surface area contributed by atoms with E-state index in [2.05, 4.69) is 20.3 Å². The van der Waals surface area contributed by atoms with Gasteiger partial charge in [0.05, 0.1) is 5.56 Å². The van der Waals surface area contributed by atoms with Crippen LogP contribution in [0, 0.1) is 5.82 Å². The lowest BCUT2D eigenvalue weighted by molar-refractivity contribution is 0.0579. The number of amides is 1. The minimum Gasteiger partial charge on any atom is -0.472 e. The zero-order valence-corrected chi connectivity index (χ0v) is 14.2. The first-order chi connectivity index (χ1) is 12.6. The number of hydrogen-bond donors (Lipinski definition) is 0. The Morgan fingerprint density at radius 3 is 2.88 bits per heavy atom. The van der Waals surface area contributed by atoms with E-state index in [0.717, 1.165) is 0 Å². The maximum absolute atomic E-state index is 13.6. The maximum atomic E-state index is 13.6. The van der Waals surface area contributed by atoms with Crippen molar-refractivity contribution in [1.29, 1.82) is 0 Å². The third-order valence-corrected chi connectivity index (χ3v) is 4.42. The van der Waals surface area contributed by atoms with E-state index < -0.39 is 5.82 Å². The number of halogens is 1. The van der Waals surface area contributed by atoms with Gasteiger partial charge in [0.2, 0.25) is 0 Å². The molecule has 0 radical (unpaired) electrons. The first kappa shape index (κ1) is 16.4. The van der Waals surface area contributed by atoms with Crippen molar-refractivity contribution in [3.8, 4) is 5.88 Å². The van der Waals surface area contributed by atoms with Crippen LogP contribution in [0.3, 0.4) is 0 Å². The van der Waals surface area contributed by atoms with Crippen LogP contribution in [-0.2, 0) is 7.05 Å². The van der Waals surface area contributed by atoms with Crippen LogP contribution < -0.4 is 4.74 Å². The Morgan fingerprint density at radius 2 is 2.12 bits per heavy atom. The largest absolute Gasteiger partial charge is 0.472 e. The Labute approximate surface area is 148 Å². The summed E-state index contributed by atoms with van der Waals surface area (Å²) in [5.74, 6) is -0.573. The maximum Gasteiger partial charge on any atom is 0.255 e. The molecule has 1 amide bonds. The van der Waals surface area contributed by atoms with Crippen molar-refractivity contribution in [2.75, 3.05) is 13.1 Å². The van der Waals surface area contributed by atoms with Crippen molar-refractivity contribution >= 4 is 17.1 Å². The minimum absolute atomic E-state index is 0.00887. The highest BCUT2D eigenvalue weighted by Crippen LogP contribution is 2.21. The number of carbonyl (C=O) groups is 1.